The van der Waals surface area contributed by atoms with Gasteiger partial charge in [0.05, 0.1) is 7.11 Å². The Morgan fingerprint density at radius 2 is 2.71 bits per heavy atom. The number of hydrogen-bond acceptors (Lipinski definition) is 1. The third-order valence-corrected chi connectivity index (χ3v) is 0.716. The molecular formula is C5H6NO. The van der Waals surface area contributed by atoms with Crippen LogP contribution in [0.4, 0.5) is 0 Å². The SMILES string of the molecule is COc1[c]cc[nH]1. The van der Waals surface area contributed by atoms with E-state index in [-0.39, 0.29) is 0 Å². The van der Waals surface area contributed by atoms with E-state index < -0.39 is 0 Å². The maximum Gasteiger partial charge on any atom is 0.198 e. The van der Waals surface area contributed by atoms with Gasteiger partial charge in [0.15, 0.2) is 5.88 Å². The van der Waals surface area contributed by atoms with E-state index in [4.69, 9.17) is 4.74 Å². The van der Waals surface area contributed by atoms with Gasteiger partial charge in [-0.15, -0.1) is 0 Å². The highest BCUT2D eigenvalue weighted by atomic mass is 16.5. The van der Waals surface area contributed by atoms with Crippen LogP contribution in [0.2, 0.25) is 0 Å². The van der Waals surface area contributed by atoms with Crippen LogP contribution in [-0.4, -0.2) is 12.1 Å². The molecule has 1 rings (SSSR count). The minimum absolute atomic E-state index is 0.681. The lowest BCUT2D eigenvalue weighted by molar-refractivity contribution is 0.399. The molecule has 0 aromatic carbocycles. The van der Waals surface area contributed by atoms with Crippen molar-refractivity contribution >= 4 is 0 Å². The van der Waals surface area contributed by atoms with Gasteiger partial charge in [0.25, 0.3) is 0 Å². The molecule has 0 saturated heterocycles. The zero-order chi connectivity index (χ0) is 5.11. The van der Waals surface area contributed by atoms with Gasteiger partial charge >= 0.3 is 0 Å². The second-order valence-electron chi connectivity index (χ2n) is 1.16. The highest BCUT2D eigenvalue weighted by molar-refractivity contribution is 5.06. The number of methoxy groups -OCH3 is 1. The normalized spacial score (nSPS) is 8.71. The molecule has 0 spiro atoms. The third-order valence-electron chi connectivity index (χ3n) is 0.716. The summed E-state index contributed by atoms with van der Waals surface area (Å²) in [5.74, 6) is 0.681. The molecule has 37 valence electrons. The van der Waals surface area contributed by atoms with Crippen molar-refractivity contribution in [1.29, 1.82) is 0 Å². The fourth-order valence-corrected chi connectivity index (χ4v) is 0.394. The molecule has 1 aromatic heterocycles. The Balaban J connectivity index is 2.76. The molecular weight excluding hydrogens is 90.1 g/mol. The molecule has 0 atom stereocenters. The molecule has 1 radical (unpaired) electrons. The molecule has 0 bridgehead atoms. The van der Waals surface area contributed by atoms with Gasteiger partial charge < -0.3 is 9.72 Å². The zero-order valence-electron chi connectivity index (χ0n) is 4.06. The van der Waals surface area contributed by atoms with Crippen LogP contribution < -0.4 is 4.74 Å². The number of aromatic amines is 1. The number of hydrogen-bond donors (Lipinski definition) is 1. The van der Waals surface area contributed by atoms with E-state index in [1.54, 1.807) is 19.4 Å². The van der Waals surface area contributed by atoms with Crippen LogP contribution in [0.3, 0.4) is 0 Å². The van der Waals surface area contributed by atoms with E-state index in [1.807, 2.05) is 0 Å². The second kappa shape index (κ2) is 1.69. The summed E-state index contributed by atoms with van der Waals surface area (Å²) in [7, 11) is 1.60. The number of ether oxygens (including phenoxy) is 1. The summed E-state index contributed by atoms with van der Waals surface area (Å²) in [6.07, 6.45) is 1.76. The topological polar surface area (TPSA) is 25.0 Å². The number of nitrogens with one attached hydrogen (secondary N) is 1. The summed E-state index contributed by atoms with van der Waals surface area (Å²) < 4.78 is 4.74. The molecule has 1 aromatic rings. The van der Waals surface area contributed by atoms with Crippen molar-refractivity contribution in [2.75, 3.05) is 7.11 Å². The lowest BCUT2D eigenvalue weighted by Gasteiger charge is -1.87. The first kappa shape index (κ1) is 4.24. The summed E-state index contributed by atoms with van der Waals surface area (Å²) in [6.45, 7) is 0. The van der Waals surface area contributed by atoms with Gasteiger partial charge in [-0.25, -0.2) is 0 Å². The average molecular weight is 96.1 g/mol. The molecule has 0 aliphatic carbocycles. The maximum atomic E-state index is 4.74. The minimum Gasteiger partial charge on any atom is -0.482 e. The maximum absolute atomic E-state index is 4.74. The van der Waals surface area contributed by atoms with E-state index >= 15 is 0 Å². The minimum atomic E-state index is 0.681. The Hall–Kier alpha value is -0.920. The molecule has 0 saturated carbocycles. The van der Waals surface area contributed by atoms with Gasteiger partial charge in [-0.05, 0) is 6.07 Å². The van der Waals surface area contributed by atoms with Crippen LogP contribution in [0.5, 0.6) is 5.88 Å². The lowest BCUT2D eigenvalue weighted by atomic mass is 10.7. The van der Waals surface area contributed by atoms with Gasteiger partial charge in [0, 0.05) is 12.3 Å². The molecule has 1 heterocycles. The first-order valence-electron chi connectivity index (χ1n) is 2.02. The fourth-order valence-electron chi connectivity index (χ4n) is 0.394. The van der Waals surface area contributed by atoms with Crippen molar-refractivity contribution in [3.8, 4) is 5.88 Å². The highest BCUT2D eigenvalue weighted by Crippen LogP contribution is 1.99. The lowest BCUT2D eigenvalue weighted by Crippen LogP contribution is -1.78. The molecule has 0 unspecified atom stereocenters. The standard InChI is InChI=1S/C5H6NO/c1-7-5-3-2-4-6-5/h2,4,6H,1H3. The zero-order valence-corrected chi connectivity index (χ0v) is 4.06. The predicted octanol–water partition coefficient (Wildman–Crippen LogP) is 0.823. The van der Waals surface area contributed by atoms with E-state index in [2.05, 4.69) is 11.1 Å². The molecule has 0 aliphatic heterocycles. The summed E-state index contributed by atoms with van der Waals surface area (Å²) in [5, 5.41) is 0. The van der Waals surface area contributed by atoms with Gasteiger partial charge in [0.2, 0.25) is 0 Å². The van der Waals surface area contributed by atoms with Gasteiger partial charge in [-0.2, -0.15) is 0 Å². The molecule has 7 heavy (non-hydrogen) atoms. The van der Waals surface area contributed by atoms with Crippen molar-refractivity contribution in [3.05, 3.63) is 18.3 Å². The summed E-state index contributed by atoms with van der Waals surface area (Å²) in [6, 6.07) is 4.57. The Morgan fingerprint density at radius 3 is 3.00 bits per heavy atom. The monoisotopic (exact) mass is 96.0 g/mol. The molecule has 0 fully saturated rings. The van der Waals surface area contributed by atoms with Crippen molar-refractivity contribution in [1.82, 2.24) is 4.98 Å². The second-order valence-corrected chi connectivity index (χ2v) is 1.16. The van der Waals surface area contributed by atoms with E-state index in [1.165, 1.54) is 0 Å². The van der Waals surface area contributed by atoms with Crippen LogP contribution in [0.1, 0.15) is 0 Å². The predicted molar refractivity (Wildman–Crippen MR) is 26.2 cm³/mol. The smallest absolute Gasteiger partial charge is 0.198 e. The molecule has 1 N–H and O–H groups in total. The van der Waals surface area contributed by atoms with Crippen LogP contribution in [0.15, 0.2) is 12.3 Å². The Morgan fingerprint density at radius 1 is 1.86 bits per heavy atom. The van der Waals surface area contributed by atoms with Crippen LogP contribution in [-0.2, 0) is 0 Å². The largest absolute Gasteiger partial charge is 0.482 e. The van der Waals surface area contributed by atoms with Crippen molar-refractivity contribution in [2.24, 2.45) is 0 Å². The van der Waals surface area contributed by atoms with E-state index in [0.29, 0.717) is 5.88 Å². The van der Waals surface area contributed by atoms with Gasteiger partial charge in [-0.1, -0.05) is 0 Å². The molecule has 2 nitrogen and oxygen atoms in total. The van der Waals surface area contributed by atoms with Gasteiger partial charge in [-0.3, -0.25) is 0 Å². The first-order chi connectivity index (χ1) is 3.43. The number of H-pyrrole nitrogens is 1. The highest BCUT2D eigenvalue weighted by Gasteiger charge is 1.82. The van der Waals surface area contributed by atoms with Crippen LogP contribution in [0, 0.1) is 6.07 Å². The van der Waals surface area contributed by atoms with E-state index in [0.717, 1.165) is 0 Å². The molecule has 2 heteroatoms. The van der Waals surface area contributed by atoms with Crippen molar-refractivity contribution in [2.45, 2.75) is 0 Å². The van der Waals surface area contributed by atoms with Crippen LogP contribution >= 0.6 is 0 Å². The van der Waals surface area contributed by atoms with E-state index in [9.17, 15) is 0 Å². The van der Waals surface area contributed by atoms with Crippen molar-refractivity contribution < 1.29 is 4.74 Å². The fraction of sp³-hybridized carbons (Fsp3) is 0.200. The number of rotatable bonds is 1. The van der Waals surface area contributed by atoms with Crippen molar-refractivity contribution in [3.63, 3.8) is 0 Å². The van der Waals surface area contributed by atoms with Gasteiger partial charge in [0.1, 0.15) is 0 Å². The Bertz CT molecular complexity index is 123. The number of aromatic nitrogens is 1. The molecule has 0 aliphatic rings. The Kier molecular flexibility index (Phi) is 1.02. The Labute approximate surface area is 42.1 Å². The first-order valence-corrected chi connectivity index (χ1v) is 2.02. The molecule has 0 amide bonds. The third kappa shape index (κ3) is 0.738. The van der Waals surface area contributed by atoms with Crippen LogP contribution in [0.25, 0.3) is 0 Å². The summed E-state index contributed by atoms with van der Waals surface area (Å²) >= 11 is 0. The summed E-state index contributed by atoms with van der Waals surface area (Å²) in [5.41, 5.74) is 0. The summed E-state index contributed by atoms with van der Waals surface area (Å²) in [4.78, 5) is 2.81. The average Bonchev–Trinajstić information content (AvgIpc) is 2.14. The quantitative estimate of drug-likeness (QED) is 0.550.